The normalized spacial score (nSPS) is 11.9. The second kappa shape index (κ2) is 15.3. The summed E-state index contributed by atoms with van der Waals surface area (Å²) in [5.41, 5.74) is 3.00. The zero-order valence-corrected chi connectivity index (χ0v) is 23.6. The first-order valence-electron chi connectivity index (χ1n) is 13.2. The minimum atomic E-state index is -1.19. The molecule has 0 amide bonds. The van der Waals surface area contributed by atoms with Crippen molar-refractivity contribution in [3.05, 3.63) is 130 Å². The summed E-state index contributed by atoms with van der Waals surface area (Å²) in [4.78, 5) is 36.4. The highest BCUT2D eigenvalue weighted by atomic mass is 16.5. The molecule has 4 aromatic rings. The first kappa shape index (κ1) is 30.9. The zero-order valence-electron chi connectivity index (χ0n) is 23.6. The molecule has 0 bridgehead atoms. The molecule has 1 atom stereocenters. The predicted octanol–water partition coefficient (Wildman–Crippen LogP) is 6.12. The van der Waals surface area contributed by atoms with Crippen molar-refractivity contribution in [2.75, 3.05) is 27.4 Å². The third-order valence-electron chi connectivity index (χ3n) is 6.30. The quantitative estimate of drug-likeness (QED) is 0.242. The summed E-state index contributed by atoms with van der Waals surface area (Å²) in [5, 5.41) is 10.1. The largest absolute Gasteiger partial charge is 0.497 e. The highest BCUT2D eigenvalue weighted by Crippen LogP contribution is 2.26. The van der Waals surface area contributed by atoms with E-state index in [1.807, 2.05) is 13.8 Å². The molecule has 0 saturated heterocycles. The maximum absolute atomic E-state index is 12.2. The molecule has 0 saturated carbocycles. The van der Waals surface area contributed by atoms with Crippen LogP contribution in [0.15, 0.2) is 97.1 Å². The van der Waals surface area contributed by atoms with Crippen molar-refractivity contribution in [2.24, 2.45) is 0 Å². The molecular weight excluding hydrogens is 520 g/mol. The van der Waals surface area contributed by atoms with Gasteiger partial charge in [0.15, 0.2) is 17.3 Å². The molecule has 0 heterocycles. The molecule has 1 aliphatic rings. The number of hydrogen-bond acceptors (Lipinski definition) is 7. The van der Waals surface area contributed by atoms with E-state index in [4.69, 9.17) is 14.2 Å². The standard InChI is InChI=1S/C16H16O4.C14H8O2.C4H10O/c1-19-13-7-3-11(4-8-13)15(17)16(18)12-5-9-14(20-2)10-6-12;15-13-9-5-1-2-6-10(9)14(16)12-8-4-3-7-11(12)13;1-3-5-4-2/h3-10,15,17H,1-2H3;1-8H;3-4H2,1-2H3. The van der Waals surface area contributed by atoms with E-state index in [9.17, 15) is 19.5 Å². The summed E-state index contributed by atoms with van der Waals surface area (Å²) in [7, 11) is 3.12. The van der Waals surface area contributed by atoms with Gasteiger partial charge in [-0.15, -0.1) is 0 Å². The number of aliphatic hydroxyl groups excluding tert-OH is 1. The second-order valence-corrected chi connectivity index (χ2v) is 8.80. The average Bonchev–Trinajstić information content (AvgIpc) is 3.04. The van der Waals surface area contributed by atoms with Crippen molar-refractivity contribution < 1.29 is 33.7 Å². The number of benzene rings is 4. The fraction of sp³-hybridized carbons (Fsp3) is 0.206. The summed E-state index contributed by atoms with van der Waals surface area (Å²) in [6, 6.07) is 27.3. The number of fused-ring (bicyclic) bond motifs is 2. The van der Waals surface area contributed by atoms with Gasteiger partial charge in [-0.25, -0.2) is 0 Å². The lowest BCUT2D eigenvalue weighted by molar-refractivity contribution is 0.0747. The fourth-order valence-corrected chi connectivity index (χ4v) is 4.10. The van der Waals surface area contributed by atoms with Gasteiger partial charge >= 0.3 is 0 Å². The van der Waals surface area contributed by atoms with Crippen LogP contribution >= 0.6 is 0 Å². The third kappa shape index (κ3) is 7.75. The van der Waals surface area contributed by atoms with Gasteiger partial charge in [0.2, 0.25) is 0 Å². The lowest BCUT2D eigenvalue weighted by Crippen LogP contribution is -2.20. The smallest absolute Gasteiger partial charge is 0.195 e. The minimum Gasteiger partial charge on any atom is -0.497 e. The summed E-state index contributed by atoms with van der Waals surface area (Å²) in [6.07, 6.45) is -1.19. The van der Waals surface area contributed by atoms with Crippen LogP contribution in [0.5, 0.6) is 11.5 Å². The molecule has 7 heteroatoms. The SMILES string of the molecule is CCOCC.COc1ccc(C(=O)C(O)c2ccc(OC)cc2)cc1.O=C1c2ccccc2C(=O)c2ccccc21. The molecule has 5 rings (SSSR count). The van der Waals surface area contributed by atoms with E-state index >= 15 is 0 Å². The summed E-state index contributed by atoms with van der Waals surface area (Å²) < 4.78 is 14.9. The molecule has 0 aliphatic heterocycles. The fourth-order valence-electron chi connectivity index (χ4n) is 4.10. The van der Waals surface area contributed by atoms with Gasteiger partial charge in [0.1, 0.15) is 17.6 Å². The monoisotopic (exact) mass is 554 g/mol. The maximum Gasteiger partial charge on any atom is 0.195 e. The number of carbonyl (C=O) groups is 3. The van der Waals surface area contributed by atoms with Crippen LogP contribution in [0.25, 0.3) is 0 Å². The number of methoxy groups -OCH3 is 2. The molecule has 7 nitrogen and oxygen atoms in total. The Morgan fingerprint density at radius 1 is 0.634 bits per heavy atom. The van der Waals surface area contributed by atoms with E-state index in [2.05, 4.69) is 0 Å². The van der Waals surface area contributed by atoms with Crippen molar-refractivity contribution in [3.63, 3.8) is 0 Å². The molecule has 4 aromatic carbocycles. The van der Waals surface area contributed by atoms with Crippen molar-refractivity contribution in [3.8, 4) is 11.5 Å². The van der Waals surface area contributed by atoms with E-state index in [1.165, 1.54) is 0 Å². The predicted molar refractivity (Wildman–Crippen MR) is 157 cm³/mol. The van der Waals surface area contributed by atoms with Gasteiger partial charge in [-0.1, -0.05) is 60.7 Å². The van der Waals surface area contributed by atoms with Gasteiger partial charge in [-0.3, -0.25) is 14.4 Å². The van der Waals surface area contributed by atoms with Crippen molar-refractivity contribution in [1.82, 2.24) is 0 Å². The second-order valence-electron chi connectivity index (χ2n) is 8.80. The van der Waals surface area contributed by atoms with Crippen molar-refractivity contribution >= 4 is 17.3 Å². The van der Waals surface area contributed by atoms with Crippen LogP contribution in [0.3, 0.4) is 0 Å². The number of aliphatic hydroxyl groups is 1. The number of ether oxygens (including phenoxy) is 3. The molecular formula is C34H34O7. The highest BCUT2D eigenvalue weighted by Gasteiger charge is 2.28. The molecule has 1 unspecified atom stereocenters. The number of rotatable bonds is 7. The lowest BCUT2D eigenvalue weighted by Gasteiger charge is -2.16. The number of ketones is 3. The Balaban J connectivity index is 0.000000197. The van der Waals surface area contributed by atoms with Crippen LogP contribution in [0.1, 0.15) is 67.7 Å². The molecule has 1 N–H and O–H groups in total. The number of hydrogen-bond donors (Lipinski definition) is 1. The molecule has 41 heavy (non-hydrogen) atoms. The van der Waals surface area contributed by atoms with Gasteiger partial charge in [-0.05, 0) is 55.8 Å². The maximum atomic E-state index is 12.2. The Morgan fingerprint density at radius 2 is 1.00 bits per heavy atom. The Labute approximate surface area is 240 Å². The molecule has 0 spiro atoms. The topological polar surface area (TPSA) is 99.1 Å². The first-order chi connectivity index (χ1) is 19.9. The minimum absolute atomic E-state index is 0.0641. The lowest BCUT2D eigenvalue weighted by atomic mass is 9.84. The average molecular weight is 555 g/mol. The van der Waals surface area contributed by atoms with Gasteiger partial charge in [0, 0.05) is 41.0 Å². The van der Waals surface area contributed by atoms with Crippen LogP contribution in [0, 0.1) is 0 Å². The van der Waals surface area contributed by atoms with E-state index in [0.29, 0.717) is 44.9 Å². The van der Waals surface area contributed by atoms with Crippen LogP contribution < -0.4 is 9.47 Å². The van der Waals surface area contributed by atoms with Crippen molar-refractivity contribution in [1.29, 1.82) is 0 Å². The molecule has 0 aromatic heterocycles. The Bertz CT molecular complexity index is 1350. The van der Waals surface area contributed by atoms with E-state index in [0.717, 1.165) is 13.2 Å². The van der Waals surface area contributed by atoms with Gasteiger partial charge in [0.25, 0.3) is 0 Å². The Morgan fingerprint density at radius 3 is 1.32 bits per heavy atom. The van der Waals surface area contributed by atoms with Crippen LogP contribution in [0.2, 0.25) is 0 Å². The molecule has 212 valence electrons. The number of Topliss-reactive ketones (excluding diaryl/α,β-unsaturated/α-hetero) is 1. The first-order valence-corrected chi connectivity index (χ1v) is 13.2. The summed E-state index contributed by atoms with van der Waals surface area (Å²) in [5.74, 6) is 0.868. The Kier molecular flexibility index (Phi) is 11.5. The van der Waals surface area contributed by atoms with E-state index < -0.39 is 6.10 Å². The summed E-state index contributed by atoms with van der Waals surface area (Å²) >= 11 is 0. The zero-order chi connectivity index (χ0) is 29.8. The van der Waals surface area contributed by atoms with E-state index in [1.54, 1.807) is 111 Å². The van der Waals surface area contributed by atoms with Crippen molar-refractivity contribution in [2.45, 2.75) is 20.0 Å². The van der Waals surface area contributed by atoms with Gasteiger partial charge in [-0.2, -0.15) is 0 Å². The molecule has 0 fully saturated rings. The van der Waals surface area contributed by atoms with E-state index in [-0.39, 0.29) is 17.3 Å². The third-order valence-corrected chi connectivity index (χ3v) is 6.30. The Hall–Kier alpha value is -4.59. The van der Waals surface area contributed by atoms with Crippen LogP contribution in [-0.4, -0.2) is 49.9 Å². The highest BCUT2D eigenvalue weighted by molar-refractivity contribution is 6.28. The molecule has 0 radical (unpaired) electrons. The van der Waals surface area contributed by atoms with Crippen LogP contribution in [0.4, 0.5) is 0 Å². The summed E-state index contributed by atoms with van der Waals surface area (Å²) in [6.45, 7) is 5.67. The van der Waals surface area contributed by atoms with Gasteiger partial charge in [0.05, 0.1) is 14.2 Å². The van der Waals surface area contributed by atoms with Crippen LogP contribution in [-0.2, 0) is 4.74 Å². The van der Waals surface area contributed by atoms with Gasteiger partial charge < -0.3 is 19.3 Å². The molecule has 1 aliphatic carbocycles. The number of carbonyl (C=O) groups excluding carboxylic acids is 3.